The highest BCUT2D eigenvalue weighted by atomic mass is 16.6. The maximum Gasteiger partial charge on any atom is 0.408 e. The summed E-state index contributed by atoms with van der Waals surface area (Å²) in [6, 6.07) is 11.4. The Hall–Kier alpha value is -5.40. The molecule has 14 nitrogen and oxygen atoms in total. The van der Waals surface area contributed by atoms with Gasteiger partial charge >= 0.3 is 12.1 Å². The van der Waals surface area contributed by atoms with Crippen molar-refractivity contribution in [1.82, 2.24) is 25.8 Å². The van der Waals surface area contributed by atoms with Gasteiger partial charge in [0.1, 0.15) is 29.8 Å². The molecule has 0 aliphatic carbocycles. The molecule has 2 aromatic carbocycles. The normalized spacial score (nSPS) is 17.6. The molecule has 1 fully saturated rings. The molecule has 1 aliphatic rings. The SMILES string of the molecule is CCCC1CCN(C(=O)C(Cc2c[nH]c3ccccc23)NC(=O)OC(C)(C)C)C1C(=O)NC(CC(=O)O)C(=O)NC(Cc1ccccc1)C(N)=O. The Bertz CT molecular complexity index is 1720. The number of carbonyl (C=O) groups is 6. The quantitative estimate of drug-likeness (QED) is 0.138. The average molecular weight is 705 g/mol. The number of nitrogens with zero attached hydrogens (tertiary/aromatic N) is 1. The molecule has 0 spiro atoms. The highest BCUT2D eigenvalue weighted by molar-refractivity contribution is 5.97. The van der Waals surface area contributed by atoms with E-state index in [-0.39, 0.29) is 25.3 Å². The molecule has 5 atom stereocenters. The van der Waals surface area contributed by atoms with Crippen molar-refractivity contribution < 1.29 is 38.6 Å². The second-order valence-electron chi connectivity index (χ2n) is 13.9. The lowest BCUT2D eigenvalue weighted by atomic mass is 9.93. The minimum atomic E-state index is -1.57. The van der Waals surface area contributed by atoms with E-state index >= 15 is 0 Å². The number of rotatable bonds is 15. The Kier molecular flexibility index (Phi) is 12.8. The van der Waals surface area contributed by atoms with E-state index in [2.05, 4.69) is 20.9 Å². The fraction of sp³-hybridized carbons (Fsp3) is 0.459. The smallest absolute Gasteiger partial charge is 0.408 e. The van der Waals surface area contributed by atoms with Crippen molar-refractivity contribution in [3.05, 3.63) is 71.9 Å². The Balaban J connectivity index is 1.59. The lowest BCUT2D eigenvalue weighted by Crippen LogP contribution is -2.59. The molecule has 51 heavy (non-hydrogen) atoms. The Morgan fingerprint density at radius 2 is 1.63 bits per heavy atom. The fourth-order valence-electron chi connectivity index (χ4n) is 6.49. The number of carboxylic acid groups (broad SMARTS) is 1. The van der Waals surface area contributed by atoms with Gasteiger partial charge in [-0.1, -0.05) is 61.9 Å². The van der Waals surface area contributed by atoms with Gasteiger partial charge in [0.25, 0.3) is 0 Å². The predicted molar refractivity (Wildman–Crippen MR) is 189 cm³/mol. The molecule has 4 rings (SSSR count). The number of aliphatic carboxylic acids is 1. The Labute approximate surface area is 296 Å². The number of aromatic amines is 1. The van der Waals surface area contributed by atoms with Crippen LogP contribution < -0.4 is 21.7 Å². The minimum Gasteiger partial charge on any atom is -0.481 e. The first-order valence-corrected chi connectivity index (χ1v) is 17.2. The van der Waals surface area contributed by atoms with Crippen molar-refractivity contribution in [2.24, 2.45) is 11.7 Å². The summed E-state index contributed by atoms with van der Waals surface area (Å²) in [6.45, 7) is 7.25. The number of nitrogens with two attached hydrogens (primary N) is 1. The number of nitrogens with one attached hydrogen (secondary N) is 4. The fourth-order valence-corrected chi connectivity index (χ4v) is 6.49. The monoisotopic (exact) mass is 704 g/mol. The highest BCUT2D eigenvalue weighted by Gasteiger charge is 2.45. The second kappa shape index (κ2) is 17.0. The molecule has 0 bridgehead atoms. The number of hydrogen-bond donors (Lipinski definition) is 6. The topological polar surface area (TPSA) is 213 Å². The summed E-state index contributed by atoms with van der Waals surface area (Å²) in [5.74, 6) is -4.65. The number of amides is 5. The van der Waals surface area contributed by atoms with E-state index in [1.165, 1.54) is 4.90 Å². The number of primary amides is 1. The summed E-state index contributed by atoms with van der Waals surface area (Å²) in [5, 5.41) is 18.3. The van der Waals surface area contributed by atoms with Crippen molar-refractivity contribution in [2.75, 3.05) is 6.54 Å². The molecule has 2 heterocycles. The molecule has 3 aromatic rings. The van der Waals surface area contributed by atoms with E-state index in [1.54, 1.807) is 57.3 Å². The molecule has 1 aromatic heterocycles. The van der Waals surface area contributed by atoms with Crippen LogP contribution in [0.3, 0.4) is 0 Å². The molecule has 274 valence electrons. The van der Waals surface area contributed by atoms with Crippen LogP contribution in [0.4, 0.5) is 4.79 Å². The molecule has 0 saturated carbocycles. The number of likely N-dealkylation sites (tertiary alicyclic amines) is 1. The van der Waals surface area contributed by atoms with Gasteiger partial charge in [0, 0.05) is 36.5 Å². The Morgan fingerprint density at radius 3 is 2.27 bits per heavy atom. The summed E-state index contributed by atoms with van der Waals surface area (Å²) >= 11 is 0. The molecule has 14 heteroatoms. The molecular formula is C37H48N6O8. The number of carbonyl (C=O) groups excluding carboxylic acids is 5. The van der Waals surface area contributed by atoms with Gasteiger partial charge in [0.2, 0.25) is 23.6 Å². The van der Waals surface area contributed by atoms with Crippen molar-refractivity contribution in [1.29, 1.82) is 0 Å². The number of alkyl carbamates (subject to hydrolysis) is 1. The van der Waals surface area contributed by atoms with Crippen molar-refractivity contribution >= 4 is 46.6 Å². The third-order valence-corrected chi connectivity index (χ3v) is 8.78. The van der Waals surface area contributed by atoms with Crippen LogP contribution in [-0.2, 0) is 41.6 Å². The number of ether oxygens (including phenoxy) is 1. The maximum atomic E-state index is 14.4. The summed E-state index contributed by atoms with van der Waals surface area (Å²) < 4.78 is 5.48. The first-order chi connectivity index (χ1) is 24.2. The lowest BCUT2D eigenvalue weighted by molar-refractivity contribution is -0.144. The van der Waals surface area contributed by atoms with Crippen LogP contribution in [0.1, 0.15) is 64.5 Å². The van der Waals surface area contributed by atoms with Gasteiger partial charge in [-0.15, -0.1) is 0 Å². The van der Waals surface area contributed by atoms with Crippen LogP contribution in [0.2, 0.25) is 0 Å². The zero-order valence-electron chi connectivity index (χ0n) is 29.4. The van der Waals surface area contributed by atoms with Crippen LogP contribution >= 0.6 is 0 Å². The molecular weight excluding hydrogens is 656 g/mol. The zero-order valence-corrected chi connectivity index (χ0v) is 29.4. The van der Waals surface area contributed by atoms with E-state index < -0.39 is 71.9 Å². The number of fused-ring (bicyclic) bond motifs is 1. The number of carboxylic acids is 1. The summed E-state index contributed by atoms with van der Waals surface area (Å²) in [7, 11) is 0. The molecule has 0 radical (unpaired) electrons. The van der Waals surface area contributed by atoms with Gasteiger partial charge < -0.3 is 41.4 Å². The lowest BCUT2D eigenvalue weighted by Gasteiger charge is -2.32. The van der Waals surface area contributed by atoms with Crippen LogP contribution in [-0.4, -0.2) is 87.0 Å². The maximum absolute atomic E-state index is 14.4. The molecule has 1 aliphatic heterocycles. The number of para-hydroxylation sites is 1. The summed E-state index contributed by atoms with van der Waals surface area (Å²) in [6.07, 6.45) is 2.07. The molecule has 5 unspecified atom stereocenters. The van der Waals surface area contributed by atoms with Crippen LogP contribution in [0.15, 0.2) is 60.8 Å². The van der Waals surface area contributed by atoms with Crippen LogP contribution in [0.25, 0.3) is 10.9 Å². The van der Waals surface area contributed by atoms with Gasteiger partial charge in [0.15, 0.2) is 0 Å². The second-order valence-corrected chi connectivity index (χ2v) is 13.9. The third kappa shape index (κ3) is 10.5. The average Bonchev–Trinajstić information content (AvgIpc) is 3.67. The van der Waals surface area contributed by atoms with E-state index in [9.17, 15) is 33.9 Å². The van der Waals surface area contributed by atoms with E-state index in [0.717, 1.165) is 16.5 Å². The predicted octanol–water partition coefficient (Wildman–Crippen LogP) is 2.79. The van der Waals surface area contributed by atoms with Gasteiger partial charge in [-0.25, -0.2) is 4.79 Å². The number of H-pyrrole nitrogens is 1. The van der Waals surface area contributed by atoms with E-state index in [1.807, 2.05) is 31.2 Å². The molecule has 5 amide bonds. The van der Waals surface area contributed by atoms with Crippen molar-refractivity contribution in [3.63, 3.8) is 0 Å². The summed E-state index contributed by atoms with van der Waals surface area (Å²) in [4.78, 5) is 83.7. The van der Waals surface area contributed by atoms with E-state index in [0.29, 0.717) is 24.8 Å². The molecule has 7 N–H and O–H groups in total. The number of benzene rings is 2. The van der Waals surface area contributed by atoms with Gasteiger partial charge in [-0.05, 0) is 56.7 Å². The number of hydrogen-bond acceptors (Lipinski definition) is 7. The van der Waals surface area contributed by atoms with Crippen molar-refractivity contribution in [2.45, 2.75) is 96.0 Å². The highest BCUT2D eigenvalue weighted by Crippen LogP contribution is 2.30. The molecule has 1 saturated heterocycles. The van der Waals surface area contributed by atoms with Gasteiger partial charge in [-0.3, -0.25) is 24.0 Å². The largest absolute Gasteiger partial charge is 0.481 e. The minimum absolute atomic E-state index is 0.0571. The standard InChI is InChI=1S/C37H48N6O8/c1-5-11-23-16-17-43(35(49)29(42-36(50)51-37(2,3)4)19-24-21-39-26-15-10-9-14-25(24)26)31(23)34(48)41-28(20-30(44)45)33(47)40-27(32(38)46)18-22-12-7-6-8-13-22/h6-10,12-15,21,23,27-29,31,39H,5,11,16-20H2,1-4H3,(H2,38,46)(H,40,47)(H,41,48)(H,42,50)(H,44,45). The van der Waals surface area contributed by atoms with Crippen LogP contribution in [0.5, 0.6) is 0 Å². The van der Waals surface area contributed by atoms with E-state index in [4.69, 9.17) is 10.5 Å². The van der Waals surface area contributed by atoms with Gasteiger partial charge in [-0.2, -0.15) is 0 Å². The van der Waals surface area contributed by atoms with Crippen molar-refractivity contribution in [3.8, 4) is 0 Å². The summed E-state index contributed by atoms with van der Waals surface area (Å²) in [5.41, 5.74) is 7.06. The van der Waals surface area contributed by atoms with Crippen LogP contribution in [0, 0.1) is 5.92 Å². The number of aromatic nitrogens is 1. The zero-order chi connectivity index (χ0) is 37.3. The third-order valence-electron chi connectivity index (χ3n) is 8.78. The first-order valence-electron chi connectivity index (χ1n) is 17.2. The first kappa shape index (κ1) is 38.4. The Morgan fingerprint density at radius 1 is 0.941 bits per heavy atom. The van der Waals surface area contributed by atoms with Gasteiger partial charge in [0.05, 0.1) is 6.42 Å².